The van der Waals surface area contributed by atoms with Crippen molar-refractivity contribution in [2.45, 2.75) is 12.8 Å². The van der Waals surface area contributed by atoms with Crippen LogP contribution in [0.3, 0.4) is 0 Å². The largest absolute Gasteiger partial charge is 0.314 e. The predicted molar refractivity (Wildman–Crippen MR) is 31.0 cm³/mol. The highest BCUT2D eigenvalue weighted by molar-refractivity contribution is 4.82. The van der Waals surface area contributed by atoms with Crippen molar-refractivity contribution in [1.29, 1.82) is 0 Å². The molecule has 0 unspecified atom stereocenters. The molecule has 0 spiro atoms. The molecule has 0 N–H and O–H groups in total. The van der Waals surface area contributed by atoms with Crippen molar-refractivity contribution in [3.8, 4) is 12.3 Å². The lowest BCUT2D eigenvalue weighted by atomic mass is 10.3. The predicted octanol–water partition coefficient (Wildman–Crippen LogP) is 0.608. The van der Waals surface area contributed by atoms with Gasteiger partial charge in [-0.1, -0.05) is 0 Å². The molecule has 0 saturated carbocycles. The van der Waals surface area contributed by atoms with Crippen LogP contribution in [0, 0.1) is 22.5 Å². The fourth-order valence-electron chi connectivity index (χ4n) is 0.313. The normalized spacial score (nSPS) is 7.89. The van der Waals surface area contributed by atoms with E-state index in [9.17, 15) is 10.1 Å². The van der Waals surface area contributed by atoms with Crippen molar-refractivity contribution in [2.75, 3.05) is 6.61 Å². The Morgan fingerprint density at radius 1 is 1.78 bits per heavy atom. The first-order valence-electron chi connectivity index (χ1n) is 2.48. The molecule has 0 radical (unpaired) electrons. The molecule has 0 aliphatic rings. The van der Waals surface area contributed by atoms with Crippen LogP contribution in [0.25, 0.3) is 0 Å². The Labute approximate surface area is 52.9 Å². The summed E-state index contributed by atoms with van der Waals surface area (Å²) in [4.78, 5) is 13.5. The first kappa shape index (κ1) is 7.76. The maximum Gasteiger partial charge on any atom is 0.294 e. The number of rotatable bonds is 4. The van der Waals surface area contributed by atoms with E-state index in [0.717, 1.165) is 0 Å². The van der Waals surface area contributed by atoms with Gasteiger partial charge >= 0.3 is 0 Å². The maximum absolute atomic E-state index is 9.49. The second-order valence-corrected chi connectivity index (χ2v) is 1.36. The fraction of sp³-hybridized carbons (Fsp3) is 0.600. The van der Waals surface area contributed by atoms with Crippen LogP contribution >= 0.6 is 0 Å². The van der Waals surface area contributed by atoms with E-state index in [-0.39, 0.29) is 6.61 Å². The van der Waals surface area contributed by atoms with Crippen LogP contribution in [0.15, 0.2) is 0 Å². The van der Waals surface area contributed by atoms with Crippen LogP contribution < -0.4 is 0 Å². The Kier molecular flexibility index (Phi) is 4.23. The van der Waals surface area contributed by atoms with E-state index in [4.69, 9.17) is 6.42 Å². The molecule has 0 atom stereocenters. The third kappa shape index (κ3) is 6.76. The minimum absolute atomic E-state index is 0.0944. The SMILES string of the molecule is C#CCCCO[N+](=O)[O-]. The molecule has 0 aromatic rings. The van der Waals surface area contributed by atoms with Crippen LogP contribution in [0.1, 0.15) is 12.8 Å². The molecule has 4 nitrogen and oxygen atoms in total. The molecule has 0 fully saturated rings. The monoisotopic (exact) mass is 129 g/mol. The molecule has 0 amide bonds. The third-order valence-electron chi connectivity index (χ3n) is 0.662. The third-order valence-corrected chi connectivity index (χ3v) is 0.662. The zero-order chi connectivity index (χ0) is 7.11. The molecule has 9 heavy (non-hydrogen) atoms. The van der Waals surface area contributed by atoms with E-state index in [1.54, 1.807) is 0 Å². The highest BCUT2D eigenvalue weighted by Gasteiger charge is 1.90. The summed E-state index contributed by atoms with van der Waals surface area (Å²) in [5.74, 6) is 2.34. The topological polar surface area (TPSA) is 52.4 Å². The minimum Gasteiger partial charge on any atom is -0.314 e. The van der Waals surface area contributed by atoms with E-state index < -0.39 is 5.09 Å². The first-order chi connectivity index (χ1) is 4.27. The number of unbranched alkanes of at least 4 members (excludes halogenated alkanes) is 1. The Morgan fingerprint density at radius 3 is 2.89 bits per heavy atom. The maximum atomic E-state index is 9.49. The number of nitrogens with zero attached hydrogens (tertiary/aromatic N) is 1. The number of hydrogen-bond donors (Lipinski definition) is 0. The van der Waals surface area contributed by atoms with Gasteiger partial charge in [-0.15, -0.1) is 22.5 Å². The number of hydrogen-bond acceptors (Lipinski definition) is 3. The Balaban J connectivity index is 2.94. The molecule has 4 heteroatoms. The number of terminal acetylenes is 1. The first-order valence-corrected chi connectivity index (χ1v) is 2.48. The standard InChI is InChI=1S/C5H7NO3/c1-2-3-4-5-9-6(7)8/h1H,3-5H2. The van der Waals surface area contributed by atoms with Crippen molar-refractivity contribution in [3.05, 3.63) is 10.1 Å². The van der Waals surface area contributed by atoms with Gasteiger partial charge in [0, 0.05) is 6.42 Å². The molecule has 0 aromatic carbocycles. The molecule has 0 rings (SSSR count). The van der Waals surface area contributed by atoms with Gasteiger partial charge in [-0.05, 0) is 6.42 Å². The summed E-state index contributed by atoms with van der Waals surface area (Å²) in [6.45, 7) is 0.0944. The molecule has 0 aliphatic heterocycles. The van der Waals surface area contributed by atoms with Crippen molar-refractivity contribution in [1.82, 2.24) is 0 Å². The summed E-state index contributed by atoms with van der Waals surface area (Å²) in [5, 5.41) is 8.67. The van der Waals surface area contributed by atoms with E-state index in [1.807, 2.05) is 0 Å². The van der Waals surface area contributed by atoms with Gasteiger partial charge in [0.25, 0.3) is 5.09 Å². The molecular formula is C5H7NO3. The second kappa shape index (κ2) is 4.91. The zero-order valence-electron chi connectivity index (χ0n) is 4.87. The van der Waals surface area contributed by atoms with E-state index in [1.165, 1.54) is 0 Å². The van der Waals surface area contributed by atoms with Gasteiger partial charge in [0.15, 0.2) is 0 Å². The summed E-state index contributed by atoms with van der Waals surface area (Å²) in [5.41, 5.74) is 0. The molecule has 0 saturated heterocycles. The zero-order valence-corrected chi connectivity index (χ0v) is 4.87. The Bertz CT molecular complexity index is 127. The molecule has 0 bridgehead atoms. The van der Waals surface area contributed by atoms with Gasteiger partial charge in [0.05, 0.1) is 6.61 Å². The van der Waals surface area contributed by atoms with Crippen molar-refractivity contribution < 1.29 is 9.92 Å². The van der Waals surface area contributed by atoms with Gasteiger partial charge < -0.3 is 4.84 Å². The van der Waals surface area contributed by atoms with E-state index in [0.29, 0.717) is 12.8 Å². The molecule has 0 aromatic heterocycles. The summed E-state index contributed by atoms with van der Waals surface area (Å²) >= 11 is 0. The quantitative estimate of drug-likeness (QED) is 0.242. The summed E-state index contributed by atoms with van der Waals surface area (Å²) in [7, 11) is 0. The molecule has 0 heterocycles. The second-order valence-electron chi connectivity index (χ2n) is 1.36. The van der Waals surface area contributed by atoms with Gasteiger partial charge in [0.1, 0.15) is 0 Å². The minimum atomic E-state index is -0.823. The lowest BCUT2D eigenvalue weighted by Gasteiger charge is -1.92. The van der Waals surface area contributed by atoms with Gasteiger partial charge in [0.2, 0.25) is 0 Å². The highest BCUT2D eigenvalue weighted by Crippen LogP contribution is 1.86. The Morgan fingerprint density at radius 2 is 2.44 bits per heavy atom. The molecule has 0 aliphatic carbocycles. The summed E-state index contributed by atoms with van der Waals surface area (Å²) < 4.78 is 0. The molecule has 50 valence electrons. The van der Waals surface area contributed by atoms with Crippen LogP contribution in [-0.2, 0) is 4.84 Å². The van der Waals surface area contributed by atoms with Gasteiger partial charge in [-0.2, -0.15) is 0 Å². The van der Waals surface area contributed by atoms with Crippen molar-refractivity contribution in [3.63, 3.8) is 0 Å². The van der Waals surface area contributed by atoms with E-state index in [2.05, 4.69) is 10.8 Å². The smallest absolute Gasteiger partial charge is 0.294 e. The lowest BCUT2D eigenvalue weighted by Crippen LogP contribution is -2.01. The van der Waals surface area contributed by atoms with Crippen LogP contribution in [0.2, 0.25) is 0 Å². The summed E-state index contributed by atoms with van der Waals surface area (Å²) in [6.07, 6.45) is 5.93. The van der Waals surface area contributed by atoms with Crippen molar-refractivity contribution >= 4 is 0 Å². The summed E-state index contributed by atoms with van der Waals surface area (Å²) in [6, 6.07) is 0. The Hall–Kier alpha value is -1.24. The van der Waals surface area contributed by atoms with Crippen LogP contribution in [0.4, 0.5) is 0 Å². The van der Waals surface area contributed by atoms with Gasteiger partial charge in [-0.3, -0.25) is 0 Å². The average molecular weight is 129 g/mol. The molecular weight excluding hydrogens is 122 g/mol. The van der Waals surface area contributed by atoms with Gasteiger partial charge in [-0.25, -0.2) is 0 Å². The van der Waals surface area contributed by atoms with E-state index >= 15 is 0 Å². The highest BCUT2D eigenvalue weighted by atomic mass is 16.9. The lowest BCUT2D eigenvalue weighted by molar-refractivity contribution is -0.757. The average Bonchev–Trinajstić information content (AvgIpc) is 1.80. The van der Waals surface area contributed by atoms with Crippen LogP contribution in [0.5, 0.6) is 0 Å². The van der Waals surface area contributed by atoms with Crippen molar-refractivity contribution in [2.24, 2.45) is 0 Å². The van der Waals surface area contributed by atoms with Crippen LogP contribution in [-0.4, -0.2) is 11.7 Å². The fourth-order valence-corrected chi connectivity index (χ4v) is 0.313.